The highest BCUT2D eigenvalue weighted by Gasteiger charge is 2.49. The van der Waals surface area contributed by atoms with Crippen LogP contribution in [0.4, 0.5) is 4.79 Å². The van der Waals surface area contributed by atoms with Gasteiger partial charge in [0.1, 0.15) is 6.04 Å². The van der Waals surface area contributed by atoms with Crippen molar-refractivity contribution >= 4 is 16.4 Å². The molecule has 134 valence electrons. The van der Waals surface area contributed by atoms with Gasteiger partial charge in [0.25, 0.3) is 0 Å². The number of nitrogens with zero attached hydrogens (tertiary/aromatic N) is 4. The third-order valence-electron chi connectivity index (χ3n) is 3.95. The van der Waals surface area contributed by atoms with Crippen molar-refractivity contribution in [3.63, 3.8) is 0 Å². The number of aromatic nitrogens is 2. The SMILES string of the molecule is NCC(O)Cc1nnc([C@@H]2CC[C@@H]3CN2C(=O)N3OS(=O)(=O)O)o1. The van der Waals surface area contributed by atoms with E-state index in [0.717, 1.165) is 0 Å². The van der Waals surface area contributed by atoms with Crippen LogP contribution in [0.5, 0.6) is 0 Å². The molecule has 0 aromatic carbocycles. The molecule has 2 bridgehead atoms. The lowest BCUT2D eigenvalue weighted by Crippen LogP contribution is -2.35. The molecule has 0 spiro atoms. The van der Waals surface area contributed by atoms with Crippen LogP contribution in [0.3, 0.4) is 0 Å². The first-order chi connectivity index (χ1) is 11.3. The molecule has 2 fully saturated rings. The largest absolute Gasteiger partial charge is 0.423 e. The predicted octanol–water partition coefficient (Wildman–Crippen LogP) is -1.39. The number of fused-ring (bicyclic) bond motifs is 2. The zero-order valence-corrected chi connectivity index (χ0v) is 13.3. The van der Waals surface area contributed by atoms with Gasteiger partial charge in [0.15, 0.2) is 0 Å². The Hall–Kier alpha value is -1.80. The van der Waals surface area contributed by atoms with Gasteiger partial charge in [-0.1, -0.05) is 0 Å². The van der Waals surface area contributed by atoms with Crippen LogP contribution in [0.25, 0.3) is 0 Å². The van der Waals surface area contributed by atoms with Crippen LogP contribution in [-0.4, -0.2) is 69.5 Å². The fraction of sp³-hybridized carbons (Fsp3) is 0.727. The van der Waals surface area contributed by atoms with Crippen LogP contribution in [-0.2, 0) is 21.1 Å². The van der Waals surface area contributed by atoms with Crippen LogP contribution in [0.1, 0.15) is 30.7 Å². The fourth-order valence-corrected chi connectivity index (χ4v) is 3.25. The van der Waals surface area contributed by atoms with Gasteiger partial charge in [0.05, 0.1) is 18.6 Å². The van der Waals surface area contributed by atoms with Gasteiger partial charge < -0.3 is 20.2 Å². The van der Waals surface area contributed by atoms with Crippen molar-refractivity contribution in [2.75, 3.05) is 13.1 Å². The lowest BCUT2D eigenvalue weighted by atomic mass is 10.0. The van der Waals surface area contributed by atoms with Gasteiger partial charge in [-0.2, -0.15) is 13.5 Å². The number of aliphatic hydroxyl groups is 1. The molecular weight excluding hydrogens is 346 g/mol. The summed E-state index contributed by atoms with van der Waals surface area (Å²) < 4.78 is 40.3. The summed E-state index contributed by atoms with van der Waals surface area (Å²) in [6.07, 6.45) is 0.195. The van der Waals surface area contributed by atoms with E-state index in [4.69, 9.17) is 14.7 Å². The van der Waals surface area contributed by atoms with Crippen LogP contribution in [0, 0.1) is 0 Å². The molecule has 0 aliphatic carbocycles. The molecule has 1 aromatic heterocycles. The number of aliphatic hydroxyl groups excluding tert-OH is 1. The lowest BCUT2D eigenvalue weighted by Gasteiger charge is -2.27. The minimum atomic E-state index is -4.79. The third kappa shape index (κ3) is 3.34. The van der Waals surface area contributed by atoms with Gasteiger partial charge in [-0.25, -0.2) is 4.79 Å². The maximum Gasteiger partial charge on any atom is 0.418 e. The number of rotatable bonds is 6. The van der Waals surface area contributed by atoms with Gasteiger partial charge in [-0.15, -0.1) is 14.5 Å². The average Bonchev–Trinajstić information content (AvgIpc) is 3.06. The summed E-state index contributed by atoms with van der Waals surface area (Å²) in [4.78, 5) is 13.6. The number of hydrogen-bond donors (Lipinski definition) is 3. The number of carbonyl (C=O) groups is 1. The maximum atomic E-state index is 12.3. The van der Waals surface area contributed by atoms with Crippen molar-refractivity contribution in [2.45, 2.75) is 37.5 Å². The Morgan fingerprint density at radius 3 is 2.83 bits per heavy atom. The highest BCUT2D eigenvalue weighted by Crippen LogP contribution is 2.38. The van der Waals surface area contributed by atoms with Gasteiger partial charge in [-0.05, 0) is 12.8 Å². The van der Waals surface area contributed by atoms with Crippen LogP contribution in [0.15, 0.2) is 4.42 Å². The summed E-state index contributed by atoms with van der Waals surface area (Å²) in [7, 11) is -4.79. The molecule has 24 heavy (non-hydrogen) atoms. The van der Waals surface area contributed by atoms with E-state index in [1.165, 1.54) is 4.90 Å². The van der Waals surface area contributed by atoms with Crippen molar-refractivity contribution in [3.8, 4) is 0 Å². The van der Waals surface area contributed by atoms with Crippen molar-refractivity contribution in [1.29, 1.82) is 0 Å². The van der Waals surface area contributed by atoms with E-state index in [1.54, 1.807) is 0 Å². The Balaban J connectivity index is 1.74. The summed E-state index contributed by atoms with van der Waals surface area (Å²) in [6, 6.07) is -1.72. The molecule has 1 unspecified atom stereocenters. The Labute approximate surface area is 137 Å². The number of hydroxylamine groups is 2. The Bertz CT molecular complexity index is 722. The zero-order valence-electron chi connectivity index (χ0n) is 12.5. The molecule has 13 heteroatoms. The summed E-state index contributed by atoms with van der Waals surface area (Å²) in [6.45, 7) is 0.261. The molecule has 2 amide bonds. The summed E-state index contributed by atoms with van der Waals surface area (Å²) in [5, 5.41) is 17.8. The summed E-state index contributed by atoms with van der Waals surface area (Å²) >= 11 is 0. The van der Waals surface area contributed by atoms with E-state index < -0.39 is 34.6 Å². The zero-order chi connectivity index (χ0) is 17.5. The van der Waals surface area contributed by atoms with Gasteiger partial charge in [0.2, 0.25) is 11.8 Å². The van der Waals surface area contributed by atoms with Crippen LogP contribution >= 0.6 is 0 Å². The monoisotopic (exact) mass is 363 g/mol. The molecule has 2 aliphatic heterocycles. The molecule has 4 N–H and O–H groups in total. The second kappa shape index (κ2) is 6.25. The van der Waals surface area contributed by atoms with Crippen molar-refractivity contribution in [3.05, 3.63) is 11.8 Å². The predicted molar refractivity (Wildman–Crippen MR) is 75.4 cm³/mol. The number of carbonyl (C=O) groups excluding carboxylic acids is 1. The van der Waals surface area contributed by atoms with Crippen LogP contribution in [0.2, 0.25) is 0 Å². The van der Waals surface area contributed by atoms with E-state index in [2.05, 4.69) is 14.5 Å². The average molecular weight is 363 g/mol. The van der Waals surface area contributed by atoms with Crippen molar-refractivity contribution in [2.24, 2.45) is 5.73 Å². The number of amides is 2. The minimum Gasteiger partial charge on any atom is -0.423 e. The molecule has 3 atom stereocenters. The van der Waals surface area contributed by atoms with E-state index in [9.17, 15) is 18.3 Å². The topological polar surface area (TPSA) is 172 Å². The smallest absolute Gasteiger partial charge is 0.418 e. The highest BCUT2D eigenvalue weighted by atomic mass is 32.3. The third-order valence-corrected chi connectivity index (χ3v) is 4.30. The van der Waals surface area contributed by atoms with Gasteiger partial charge >= 0.3 is 16.4 Å². The maximum absolute atomic E-state index is 12.3. The molecular formula is C11H17N5O7S. The van der Waals surface area contributed by atoms with E-state index >= 15 is 0 Å². The van der Waals surface area contributed by atoms with E-state index in [0.29, 0.717) is 17.9 Å². The molecule has 3 heterocycles. The first kappa shape index (κ1) is 17.0. The van der Waals surface area contributed by atoms with Gasteiger partial charge in [0, 0.05) is 13.1 Å². The second-order valence-electron chi connectivity index (χ2n) is 5.64. The fourth-order valence-electron chi connectivity index (χ4n) is 2.86. The normalized spacial score (nSPS) is 25.4. The molecule has 12 nitrogen and oxygen atoms in total. The molecule has 3 rings (SSSR count). The second-order valence-corrected chi connectivity index (χ2v) is 6.64. The number of piperidine rings is 1. The Morgan fingerprint density at radius 2 is 2.17 bits per heavy atom. The standard InChI is InChI=1S/C11H17N5O7S/c12-4-7(17)3-9-13-14-10(22-9)8-2-1-6-5-15(8)11(18)16(6)23-24(19,20)21/h6-8,17H,1-5,12H2,(H,19,20,21)/t6-,7?,8+/m1/s1. The first-order valence-electron chi connectivity index (χ1n) is 7.25. The number of urea groups is 1. The number of hydrogen-bond acceptors (Lipinski definition) is 9. The molecule has 2 aliphatic rings. The van der Waals surface area contributed by atoms with Gasteiger partial charge in [-0.3, -0.25) is 4.55 Å². The molecule has 1 aromatic rings. The summed E-state index contributed by atoms with van der Waals surface area (Å²) in [5.41, 5.74) is 5.32. The summed E-state index contributed by atoms with van der Waals surface area (Å²) in [5.74, 6) is 0.387. The Kier molecular flexibility index (Phi) is 4.44. The van der Waals surface area contributed by atoms with E-state index in [-0.39, 0.29) is 31.3 Å². The first-order valence-corrected chi connectivity index (χ1v) is 8.62. The van der Waals surface area contributed by atoms with Crippen LogP contribution < -0.4 is 5.73 Å². The Morgan fingerprint density at radius 1 is 1.42 bits per heavy atom. The van der Waals surface area contributed by atoms with Crippen molar-refractivity contribution < 1.29 is 31.6 Å². The quantitative estimate of drug-likeness (QED) is 0.510. The highest BCUT2D eigenvalue weighted by molar-refractivity contribution is 7.80. The molecule has 0 radical (unpaired) electrons. The molecule has 2 saturated heterocycles. The minimum absolute atomic E-state index is 0.0510. The molecule has 0 saturated carbocycles. The van der Waals surface area contributed by atoms with E-state index in [1.807, 2.05) is 0 Å². The number of nitrogens with two attached hydrogens (primary N) is 1. The lowest BCUT2D eigenvalue weighted by molar-refractivity contribution is -0.0317. The van der Waals surface area contributed by atoms with Crippen molar-refractivity contribution in [1.82, 2.24) is 20.2 Å².